The molecule has 30 heavy (non-hydrogen) atoms. The van der Waals surface area contributed by atoms with Crippen LogP contribution < -0.4 is 27.4 Å². The van der Waals surface area contributed by atoms with Gasteiger partial charge >= 0.3 is 5.97 Å². The number of amides is 4. The van der Waals surface area contributed by atoms with Gasteiger partial charge < -0.3 is 42.7 Å². The minimum absolute atomic E-state index is 0.0449. The monoisotopic (exact) mass is 451 g/mol. The van der Waals surface area contributed by atoms with E-state index in [4.69, 9.17) is 16.6 Å². The molecule has 0 saturated heterocycles. The molecule has 0 aliphatic carbocycles. The van der Waals surface area contributed by atoms with Crippen molar-refractivity contribution in [1.29, 1.82) is 0 Å². The molecule has 14 heteroatoms. The fraction of sp³-hybridized carbons (Fsp3) is 0.688. The van der Waals surface area contributed by atoms with Gasteiger partial charge in [-0.05, 0) is 20.3 Å². The predicted octanol–water partition coefficient (Wildman–Crippen LogP) is -4.19. The van der Waals surface area contributed by atoms with Crippen molar-refractivity contribution in [3.05, 3.63) is 0 Å². The Kier molecular flexibility index (Phi) is 11.9. The Balaban J connectivity index is 5.13. The van der Waals surface area contributed by atoms with Gasteiger partial charge in [-0.2, -0.15) is 12.6 Å². The van der Waals surface area contributed by atoms with Crippen LogP contribution in [0.5, 0.6) is 0 Å². The van der Waals surface area contributed by atoms with Gasteiger partial charge in [-0.25, -0.2) is 4.79 Å². The Morgan fingerprint density at radius 1 is 0.900 bits per heavy atom. The van der Waals surface area contributed by atoms with E-state index in [0.717, 1.165) is 6.92 Å². The fourth-order valence-corrected chi connectivity index (χ4v) is 2.45. The van der Waals surface area contributed by atoms with Crippen molar-refractivity contribution < 1.29 is 39.3 Å². The van der Waals surface area contributed by atoms with Crippen LogP contribution in [0.15, 0.2) is 0 Å². The molecular weight excluding hydrogens is 422 g/mol. The third kappa shape index (κ3) is 9.39. The summed E-state index contributed by atoms with van der Waals surface area (Å²) in [6, 6.07) is -5.62. The molecule has 0 rings (SSSR count). The van der Waals surface area contributed by atoms with E-state index in [1.54, 1.807) is 0 Å². The average Bonchev–Trinajstić information content (AvgIpc) is 2.64. The van der Waals surface area contributed by atoms with Gasteiger partial charge in [0.05, 0.1) is 18.2 Å². The summed E-state index contributed by atoms with van der Waals surface area (Å²) in [5.74, 6) is -5.08. The van der Waals surface area contributed by atoms with Crippen LogP contribution in [0.4, 0.5) is 0 Å². The number of nitrogens with two attached hydrogens (primary N) is 2. The zero-order valence-electron chi connectivity index (χ0n) is 16.6. The first-order valence-electron chi connectivity index (χ1n) is 8.96. The molecule has 0 bridgehead atoms. The van der Waals surface area contributed by atoms with Gasteiger partial charge in [0, 0.05) is 12.2 Å². The maximum atomic E-state index is 12.4. The molecule has 0 fully saturated rings. The van der Waals surface area contributed by atoms with E-state index in [2.05, 4.69) is 23.3 Å². The van der Waals surface area contributed by atoms with Crippen LogP contribution in [-0.4, -0.2) is 87.0 Å². The quantitative estimate of drug-likeness (QED) is 0.123. The van der Waals surface area contributed by atoms with Crippen LogP contribution in [0.2, 0.25) is 0 Å². The van der Waals surface area contributed by atoms with Crippen molar-refractivity contribution in [2.75, 3.05) is 5.75 Å². The number of primary amides is 1. The second kappa shape index (κ2) is 13.0. The summed E-state index contributed by atoms with van der Waals surface area (Å²) < 4.78 is 0. The van der Waals surface area contributed by atoms with Crippen LogP contribution >= 0.6 is 12.6 Å². The van der Waals surface area contributed by atoms with Crippen molar-refractivity contribution in [3.63, 3.8) is 0 Å². The summed E-state index contributed by atoms with van der Waals surface area (Å²) in [5.41, 5.74) is 10.6. The van der Waals surface area contributed by atoms with Crippen LogP contribution in [0.25, 0.3) is 0 Å². The highest BCUT2D eigenvalue weighted by Crippen LogP contribution is 2.01. The number of hydrogen-bond donors (Lipinski definition) is 9. The highest BCUT2D eigenvalue weighted by Gasteiger charge is 2.33. The molecule has 0 aromatic carbocycles. The van der Waals surface area contributed by atoms with Gasteiger partial charge in [-0.1, -0.05) is 0 Å². The summed E-state index contributed by atoms with van der Waals surface area (Å²) in [5, 5.41) is 34.8. The number of rotatable bonds is 13. The minimum Gasteiger partial charge on any atom is -0.480 e. The van der Waals surface area contributed by atoms with Gasteiger partial charge in [0.15, 0.2) is 6.04 Å². The second-order valence-electron chi connectivity index (χ2n) is 6.65. The first-order chi connectivity index (χ1) is 13.8. The number of aliphatic carboxylic acids is 1. The molecule has 0 heterocycles. The number of carboxylic acids is 1. The summed E-state index contributed by atoms with van der Waals surface area (Å²) in [7, 11) is 0. The molecule has 0 aromatic heterocycles. The largest absolute Gasteiger partial charge is 0.480 e. The number of aliphatic hydroxyl groups excluding tert-OH is 2. The number of thiol groups is 1. The van der Waals surface area contributed by atoms with Gasteiger partial charge in [0.25, 0.3) is 0 Å². The molecule has 0 aliphatic heterocycles. The predicted molar refractivity (Wildman–Crippen MR) is 107 cm³/mol. The van der Waals surface area contributed by atoms with Crippen LogP contribution in [-0.2, 0) is 24.0 Å². The van der Waals surface area contributed by atoms with Gasteiger partial charge in [0.1, 0.15) is 12.1 Å². The Labute approximate surface area is 178 Å². The average molecular weight is 452 g/mol. The highest BCUT2D eigenvalue weighted by molar-refractivity contribution is 7.80. The maximum absolute atomic E-state index is 12.4. The maximum Gasteiger partial charge on any atom is 0.328 e. The highest BCUT2D eigenvalue weighted by atomic mass is 32.1. The van der Waals surface area contributed by atoms with Gasteiger partial charge in [-0.15, -0.1) is 0 Å². The lowest BCUT2D eigenvalue weighted by Crippen LogP contribution is -2.61. The molecule has 0 aromatic rings. The zero-order chi connectivity index (χ0) is 23.6. The summed E-state index contributed by atoms with van der Waals surface area (Å²) >= 11 is 3.95. The van der Waals surface area contributed by atoms with E-state index in [9.17, 15) is 34.2 Å². The van der Waals surface area contributed by atoms with E-state index >= 15 is 0 Å². The number of hydrogen-bond acceptors (Lipinski definition) is 9. The Hall–Kier alpha value is -2.42. The number of carbonyl (C=O) groups is 5. The Morgan fingerprint density at radius 3 is 1.80 bits per heavy atom. The number of carbonyl (C=O) groups excluding carboxylic acids is 4. The van der Waals surface area contributed by atoms with Crippen molar-refractivity contribution in [3.8, 4) is 0 Å². The van der Waals surface area contributed by atoms with Crippen molar-refractivity contribution in [2.24, 2.45) is 11.5 Å². The molecule has 172 valence electrons. The van der Waals surface area contributed by atoms with E-state index < -0.39 is 66.0 Å². The molecule has 0 aliphatic rings. The number of carboxylic acid groups (broad SMARTS) is 1. The third-order valence-corrected chi connectivity index (χ3v) is 4.33. The van der Waals surface area contributed by atoms with Crippen molar-refractivity contribution in [2.45, 2.75) is 63.1 Å². The third-order valence-electron chi connectivity index (χ3n) is 3.96. The number of nitrogens with one attached hydrogen (secondary N) is 3. The van der Waals surface area contributed by atoms with E-state index in [0.29, 0.717) is 0 Å². The Bertz CT molecular complexity index is 645. The van der Waals surface area contributed by atoms with E-state index in [1.807, 2.05) is 5.32 Å². The lowest BCUT2D eigenvalue weighted by molar-refractivity contribution is -0.146. The minimum atomic E-state index is -1.67. The summed E-state index contributed by atoms with van der Waals surface area (Å²) in [4.78, 5) is 58.6. The van der Waals surface area contributed by atoms with E-state index in [-0.39, 0.29) is 18.6 Å². The molecule has 13 nitrogen and oxygen atoms in total. The SMILES string of the molecule is CC(O)C(NC(=O)C(NC(=O)C(CS)NC(=O)C(N)CCC(N)=O)C(C)O)C(=O)O. The Morgan fingerprint density at radius 2 is 1.40 bits per heavy atom. The molecule has 10 N–H and O–H groups in total. The lowest BCUT2D eigenvalue weighted by Gasteiger charge is -2.26. The molecule has 0 radical (unpaired) electrons. The summed E-state index contributed by atoms with van der Waals surface area (Å²) in [6.45, 7) is 2.32. The molecule has 0 spiro atoms. The van der Waals surface area contributed by atoms with Crippen LogP contribution in [0, 0.1) is 0 Å². The fourth-order valence-electron chi connectivity index (χ4n) is 2.19. The summed E-state index contributed by atoms with van der Waals surface area (Å²) in [6.07, 6.45) is -3.06. The smallest absolute Gasteiger partial charge is 0.328 e. The topological polar surface area (TPSA) is 234 Å². The first-order valence-corrected chi connectivity index (χ1v) is 9.59. The molecule has 0 saturated carbocycles. The molecule has 4 amide bonds. The van der Waals surface area contributed by atoms with Crippen LogP contribution in [0.3, 0.4) is 0 Å². The lowest BCUT2D eigenvalue weighted by atomic mass is 10.1. The zero-order valence-corrected chi connectivity index (χ0v) is 17.5. The number of aliphatic hydroxyl groups is 2. The normalized spacial score (nSPS) is 16.9. The first kappa shape index (κ1) is 27.6. The second-order valence-corrected chi connectivity index (χ2v) is 7.01. The van der Waals surface area contributed by atoms with Gasteiger partial charge in [0.2, 0.25) is 23.6 Å². The van der Waals surface area contributed by atoms with Crippen molar-refractivity contribution in [1.82, 2.24) is 16.0 Å². The van der Waals surface area contributed by atoms with Crippen molar-refractivity contribution >= 4 is 42.2 Å². The van der Waals surface area contributed by atoms with E-state index in [1.165, 1.54) is 6.92 Å². The van der Waals surface area contributed by atoms with Crippen LogP contribution in [0.1, 0.15) is 26.7 Å². The standard InChI is InChI=1S/C16H29N5O8S/c1-6(22)11(15(27)21-12(7(2)23)16(28)29)20-14(26)9(5-30)19-13(25)8(17)3-4-10(18)24/h6-9,11-12,22-23,30H,3-5,17H2,1-2H3,(H2,18,24)(H,19,25)(H,20,26)(H,21,27)(H,28,29). The molecule has 6 atom stereocenters. The molecule has 6 unspecified atom stereocenters. The van der Waals surface area contributed by atoms with Gasteiger partial charge in [-0.3, -0.25) is 19.2 Å². The molecular formula is C16H29N5O8S.